The molecule has 0 spiro atoms. The second kappa shape index (κ2) is 59.5. The van der Waals surface area contributed by atoms with Crippen molar-refractivity contribution in [2.45, 2.75) is 154 Å². The van der Waals surface area contributed by atoms with Crippen LogP contribution in [0.25, 0.3) is 0 Å². The van der Waals surface area contributed by atoms with Crippen LogP contribution in [0.2, 0.25) is 0 Å². The molecular formula is C64H131N11O4S2. The number of benzene rings is 2. The molecule has 0 atom stereocenters. The van der Waals surface area contributed by atoms with Gasteiger partial charge < -0.3 is 56.2 Å². The Morgan fingerprint density at radius 2 is 1.02 bits per heavy atom. The van der Waals surface area contributed by atoms with Gasteiger partial charge in [0.15, 0.2) is 0 Å². The molecule has 10 rings (SSSR count). The molecule has 478 valence electrons. The summed E-state index contributed by atoms with van der Waals surface area (Å²) in [4.78, 5) is 11.9. The third-order valence-electron chi connectivity index (χ3n) is 13.9. The number of thioether (sulfide) groups is 1. The quantitative estimate of drug-likeness (QED) is 0.0939. The van der Waals surface area contributed by atoms with Gasteiger partial charge in [0.2, 0.25) is 0 Å². The number of hydrogen-bond acceptors (Lipinski definition) is 16. The van der Waals surface area contributed by atoms with E-state index >= 15 is 0 Å². The Morgan fingerprint density at radius 1 is 0.580 bits per heavy atom. The SMILES string of the molecule is C.C=CCNC.CCCOS(=O)(=O)c1ccc(C)cc1.CCNC.CN1CCC1.CN1CCCC1.CN1CCCCC1.CN1CCOCC1.CN1CCSC1.CNC1CC1.CNC1CCC1.CNC1CCCC1.CNc1ccccc1. The molecule has 6 N–H and O–H groups in total. The number of para-hydroxylation sites is 1. The summed E-state index contributed by atoms with van der Waals surface area (Å²) in [7, 11) is 19.1. The summed E-state index contributed by atoms with van der Waals surface area (Å²) in [6.45, 7) is 24.8. The fourth-order valence-electron chi connectivity index (χ4n) is 7.56. The van der Waals surface area contributed by atoms with Gasteiger partial charge in [-0.15, -0.1) is 18.3 Å². The minimum absolute atomic E-state index is 0. The third kappa shape index (κ3) is 55.4. The first-order chi connectivity index (χ1) is 38.6. The van der Waals surface area contributed by atoms with Crippen molar-refractivity contribution in [2.24, 2.45) is 0 Å². The third-order valence-corrected chi connectivity index (χ3v) is 16.4. The minimum atomic E-state index is -3.54. The van der Waals surface area contributed by atoms with Crippen molar-refractivity contribution in [2.75, 3.05) is 186 Å². The van der Waals surface area contributed by atoms with E-state index in [0.717, 1.165) is 68.8 Å². The fraction of sp³-hybridized carbons (Fsp3) is 0.781. The number of rotatable bonds is 11. The van der Waals surface area contributed by atoms with Gasteiger partial charge in [-0.2, -0.15) is 8.42 Å². The molecule has 3 saturated carbocycles. The number of anilines is 1. The van der Waals surface area contributed by atoms with Crippen LogP contribution in [0.1, 0.15) is 130 Å². The molecule has 0 radical (unpaired) electrons. The Kier molecular flexibility index (Phi) is 61.0. The van der Waals surface area contributed by atoms with E-state index in [1.54, 1.807) is 24.3 Å². The first-order valence-corrected chi connectivity index (χ1v) is 33.3. The summed E-state index contributed by atoms with van der Waals surface area (Å²) in [6.07, 6.45) is 23.7. The Labute approximate surface area is 506 Å². The Balaban J connectivity index is -0.000000831. The Bertz CT molecular complexity index is 1630. The summed E-state index contributed by atoms with van der Waals surface area (Å²) < 4.78 is 32.8. The molecule has 8 fully saturated rings. The highest BCUT2D eigenvalue weighted by Gasteiger charge is 2.17. The number of hydrogen-bond donors (Lipinski definition) is 6. The van der Waals surface area contributed by atoms with Crippen molar-refractivity contribution >= 4 is 27.6 Å². The normalized spacial score (nSPS) is 18.6. The van der Waals surface area contributed by atoms with E-state index in [9.17, 15) is 8.42 Å². The van der Waals surface area contributed by atoms with Crippen LogP contribution in [0.15, 0.2) is 72.1 Å². The Hall–Kier alpha value is -2.20. The first-order valence-electron chi connectivity index (χ1n) is 30.8. The number of ether oxygens (including phenoxy) is 1. The average Bonchev–Trinajstić information content (AvgIpc) is 3.73. The lowest BCUT2D eigenvalue weighted by molar-refractivity contribution is 0.0503. The monoisotopic (exact) mass is 1180 g/mol. The van der Waals surface area contributed by atoms with Crippen molar-refractivity contribution in [1.82, 2.24) is 51.1 Å². The predicted octanol–water partition coefficient (Wildman–Crippen LogP) is 10.1. The van der Waals surface area contributed by atoms with Crippen molar-refractivity contribution in [3.63, 3.8) is 0 Å². The van der Waals surface area contributed by atoms with Crippen LogP contribution in [-0.4, -0.2) is 232 Å². The lowest BCUT2D eigenvalue weighted by Gasteiger charge is -2.24. The zero-order chi connectivity index (χ0) is 59.9. The lowest BCUT2D eigenvalue weighted by Crippen LogP contribution is -2.32. The lowest BCUT2D eigenvalue weighted by atomic mass is 9.94. The minimum Gasteiger partial charge on any atom is -0.388 e. The summed E-state index contributed by atoms with van der Waals surface area (Å²) in [5.74, 6) is 2.57. The number of nitrogens with zero attached hydrogens (tertiary/aromatic N) is 5. The predicted molar refractivity (Wildman–Crippen MR) is 360 cm³/mol. The van der Waals surface area contributed by atoms with Gasteiger partial charge in [0.05, 0.1) is 24.7 Å². The zero-order valence-corrected chi connectivity index (χ0v) is 55.7. The van der Waals surface area contributed by atoms with Gasteiger partial charge in [-0.25, -0.2) is 0 Å². The average molecular weight is 1180 g/mol. The molecule has 8 aliphatic rings. The smallest absolute Gasteiger partial charge is 0.296 e. The molecule has 81 heavy (non-hydrogen) atoms. The number of likely N-dealkylation sites (N-methyl/N-ethyl adjacent to an activating group) is 2. The Morgan fingerprint density at radius 3 is 1.23 bits per heavy atom. The summed E-state index contributed by atoms with van der Waals surface area (Å²) in [5, 5.41) is 18.5. The van der Waals surface area contributed by atoms with Gasteiger partial charge >= 0.3 is 0 Å². The highest BCUT2D eigenvalue weighted by atomic mass is 32.2. The maximum absolute atomic E-state index is 11.5. The molecule has 5 heterocycles. The molecule has 3 aliphatic carbocycles. The van der Waals surface area contributed by atoms with Crippen molar-refractivity contribution < 1.29 is 17.3 Å². The van der Waals surface area contributed by atoms with Crippen LogP contribution < -0.4 is 31.9 Å². The van der Waals surface area contributed by atoms with E-state index in [4.69, 9.17) is 8.92 Å². The maximum Gasteiger partial charge on any atom is 0.296 e. The van der Waals surface area contributed by atoms with Crippen LogP contribution in [0.4, 0.5) is 5.69 Å². The van der Waals surface area contributed by atoms with Gasteiger partial charge in [-0.05, 0) is 225 Å². The highest BCUT2D eigenvalue weighted by Crippen LogP contribution is 2.18. The summed E-state index contributed by atoms with van der Waals surface area (Å²) in [6, 6.07) is 19.3. The van der Waals surface area contributed by atoms with E-state index in [1.165, 1.54) is 154 Å². The van der Waals surface area contributed by atoms with Gasteiger partial charge in [0.1, 0.15) is 0 Å². The van der Waals surface area contributed by atoms with Crippen LogP contribution in [0, 0.1) is 6.92 Å². The van der Waals surface area contributed by atoms with E-state index in [1.807, 2.05) is 97.3 Å². The van der Waals surface area contributed by atoms with Gasteiger partial charge in [-0.1, -0.05) is 88.9 Å². The highest BCUT2D eigenvalue weighted by molar-refractivity contribution is 7.99. The van der Waals surface area contributed by atoms with Crippen LogP contribution in [0.3, 0.4) is 0 Å². The number of likely N-dealkylation sites (tertiary alicyclic amines) is 3. The second-order valence-electron chi connectivity index (χ2n) is 21.6. The number of morpholine rings is 1. The molecule has 15 nitrogen and oxygen atoms in total. The molecule has 5 saturated heterocycles. The van der Waals surface area contributed by atoms with Gasteiger partial charge in [0, 0.05) is 68.7 Å². The molecule has 2 aromatic rings. The van der Waals surface area contributed by atoms with Crippen molar-refractivity contribution in [1.29, 1.82) is 0 Å². The van der Waals surface area contributed by atoms with Gasteiger partial charge in [0.25, 0.3) is 10.1 Å². The standard InChI is InChI=1S/C10H14O3S.C7H9N.2C6H13N.C5H11NO.2C5H11N.C4H9NS.3C4H9N.C3H9N.CH4/c1-3-8-13-14(11,12)10-6-4-9(2)5-7-10;1-8-7-5-3-2-4-6-7;1-7-5-3-2-4-6-7;1-7-6-4-2-3-5-6;1-6-2-4-7-5-3-6;1-6-4-2-3-5-6;1-6-5-3-2-4-5;1-5-2-3-6-4-5;1-5-3-2-4-5;1-5-4-2-3-4;1-3-4-5-2;1-3-4-2;/h4-7H,3,8H2,1-2H3;2-6,8H,1H3;2-6H2,1H3;6-7H,2-5H2,1H3;2-5H2,1H3;2-5H2,1H3;5-6H,2-4H2,1H3;2-4H2,1H3;2-4H2,1H3;4-5H,2-3H2,1H3;3,5H,1,4H2,2H3;4H,3H2,1-2H3;1H4. The number of nitrogens with one attached hydrogen (secondary N) is 6. The molecule has 2 aromatic carbocycles. The van der Waals surface area contributed by atoms with E-state index in [0.29, 0.717) is 6.42 Å². The largest absolute Gasteiger partial charge is 0.388 e. The molecule has 17 heteroatoms. The van der Waals surface area contributed by atoms with Crippen LogP contribution in [-0.2, 0) is 19.0 Å². The molecule has 5 aliphatic heterocycles. The maximum atomic E-state index is 11.5. The van der Waals surface area contributed by atoms with Crippen molar-refractivity contribution in [3.8, 4) is 0 Å². The summed E-state index contributed by atoms with van der Waals surface area (Å²) in [5.41, 5.74) is 2.19. The molecule has 0 bridgehead atoms. The zero-order valence-electron chi connectivity index (χ0n) is 54.0. The fourth-order valence-corrected chi connectivity index (χ4v) is 9.56. The number of aryl methyl sites for hydroxylation is 1. The number of piperidine rings is 1. The topological polar surface area (TPSA) is 141 Å². The molecule has 0 amide bonds. The molecule has 0 aromatic heterocycles. The summed E-state index contributed by atoms with van der Waals surface area (Å²) >= 11 is 2.01. The van der Waals surface area contributed by atoms with E-state index in [-0.39, 0.29) is 18.9 Å². The van der Waals surface area contributed by atoms with Gasteiger partial charge in [-0.3, -0.25) is 9.08 Å². The van der Waals surface area contributed by atoms with Crippen molar-refractivity contribution in [3.05, 3.63) is 72.8 Å². The van der Waals surface area contributed by atoms with E-state index < -0.39 is 10.1 Å². The van der Waals surface area contributed by atoms with Crippen LogP contribution >= 0.6 is 11.8 Å². The molecule has 0 unspecified atom stereocenters. The molecular weight excluding hydrogens is 1050 g/mol. The van der Waals surface area contributed by atoms with E-state index in [2.05, 4.69) is 112 Å². The second-order valence-corrected chi connectivity index (χ2v) is 24.3. The van der Waals surface area contributed by atoms with Crippen LogP contribution in [0.5, 0.6) is 0 Å². The first kappa shape index (κ1) is 83.0.